The molecule has 0 aliphatic carbocycles. The molecule has 0 unspecified atom stereocenters. The predicted octanol–water partition coefficient (Wildman–Crippen LogP) is 1.46. The van der Waals surface area contributed by atoms with Crippen LogP contribution in [-0.2, 0) is 44.8 Å². The van der Waals surface area contributed by atoms with Gasteiger partial charge in [0.2, 0.25) is 0 Å². The molecule has 0 spiro atoms. The molecule has 8 aromatic carbocycles. The summed E-state index contributed by atoms with van der Waals surface area (Å²) in [6.07, 6.45) is 0. The smallest absolute Gasteiger partial charge is 0.449 e. The molecule has 70 heavy (non-hydrogen) atoms. The Kier molecular flexibility index (Phi) is 16.9. The van der Waals surface area contributed by atoms with Crippen LogP contribution in [0.15, 0.2) is 170 Å². The van der Waals surface area contributed by atoms with Crippen LogP contribution in [0.2, 0.25) is 0 Å². The van der Waals surface area contributed by atoms with Gasteiger partial charge >= 0.3 is 44.8 Å². The van der Waals surface area contributed by atoms with E-state index in [1.807, 2.05) is 146 Å². The molecule has 364 valence electrons. The maximum atomic E-state index is 8.49. The molecule has 0 saturated carbocycles. The van der Waals surface area contributed by atoms with Gasteiger partial charge in [0.1, 0.15) is 15.8 Å². The Labute approximate surface area is 439 Å². The molecule has 6 aliphatic heterocycles. The van der Waals surface area contributed by atoms with Gasteiger partial charge in [0.05, 0.1) is 0 Å². The number of ether oxygens (including phenoxy) is 6. The zero-order valence-corrected chi connectivity index (χ0v) is 42.7. The minimum atomic E-state index is -4.94. The van der Waals surface area contributed by atoms with Crippen molar-refractivity contribution in [2.75, 3.05) is 0 Å². The van der Waals surface area contributed by atoms with E-state index in [0.717, 1.165) is 69.0 Å². The molecule has 14 rings (SSSR count). The van der Waals surface area contributed by atoms with Crippen LogP contribution in [0.5, 0.6) is 69.0 Å². The van der Waals surface area contributed by atoms with Crippen LogP contribution < -0.4 is 97.5 Å². The van der Waals surface area contributed by atoms with Gasteiger partial charge in [-0.1, -0.05) is 108 Å². The molecule has 0 radical (unpaired) electrons. The normalized spacial score (nSPS) is 13.1. The van der Waals surface area contributed by atoms with Gasteiger partial charge in [0.15, 0.2) is 101 Å². The summed E-state index contributed by atoms with van der Waals surface area (Å²) >= 11 is 0. The zero-order valence-electron chi connectivity index (χ0n) is 36.2. The van der Waals surface area contributed by atoms with Crippen LogP contribution in [-0.4, -0.2) is 0 Å². The van der Waals surface area contributed by atoms with Crippen molar-refractivity contribution in [3.63, 3.8) is 0 Å². The molecule has 0 N–H and O–H groups in total. The first-order valence-corrected chi connectivity index (χ1v) is 25.9. The van der Waals surface area contributed by atoms with E-state index in [1.54, 1.807) is 0 Å². The van der Waals surface area contributed by atoms with Crippen molar-refractivity contribution in [2.45, 2.75) is 13.8 Å². The summed E-state index contributed by atoms with van der Waals surface area (Å²) in [6.45, 7) is 4.17. The van der Waals surface area contributed by atoms with E-state index in [1.165, 1.54) is 43.0 Å². The van der Waals surface area contributed by atoms with E-state index in [4.69, 9.17) is 65.7 Å². The fourth-order valence-electron chi connectivity index (χ4n) is 8.09. The molecule has 6 heterocycles. The standard InChI is InChI=1S/2C18H9O3P.2C7H8.2Ag.2ClHO4/c2*1-4-10-16-11(5-1)20-13-7-3-9-15-18(13)22(16)17-12(19-10)6-2-8-14(17)21-15;2*1-7-5-3-2-4-6-7;;;2*2-1(3,4)5/h2*1-9H;2*2-6H,1H3;;;2*(H,2,3,4,5)/q;;;;2*+1;;. The summed E-state index contributed by atoms with van der Waals surface area (Å²) in [5.74, 6) is 11.0. The number of rotatable bonds is 0. The first kappa shape index (κ1) is 53.0. The zero-order chi connectivity index (χ0) is 47.7. The summed E-state index contributed by atoms with van der Waals surface area (Å²) < 4.78 is 105. The Bertz CT molecular complexity index is 2550. The van der Waals surface area contributed by atoms with Gasteiger partial charge in [-0.15, -0.1) is 20.5 Å². The van der Waals surface area contributed by atoms with Gasteiger partial charge in [-0.3, -0.25) is 0 Å². The number of hydrogen-bond donors (Lipinski definition) is 0. The molecular weight excluding hydrogens is 1170 g/mol. The Morgan fingerprint density at radius 2 is 0.400 bits per heavy atom. The van der Waals surface area contributed by atoms with Gasteiger partial charge in [-0.05, 0) is 86.6 Å². The van der Waals surface area contributed by atoms with Crippen molar-refractivity contribution >= 4 is 47.7 Å². The third kappa shape index (κ3) is 11.9. The molecule has 20 heteroatoms. The maximum absolute atomic E-state index is 8.49. The third-order valence-corrected chi connectivity index (χ3v) is 16.6. The summed E-state index contributed by atoms with van der Waals surface area (Å²) in [6, 6.07) is 56.8. The number of hydrogen-bond acceptors (Lipinski definition) is 14. The second-order valence-corrected chi connectivity index (χ2v) is 21.2. The van der Waals surface area contributed by atoms with Gasteiger partial charge in [0, 0.05) is 0 Å². The van der Waals surface area contributed by atoms with Crippen LogP contribution in [0.4, 0.5) is 0 Å². The molecular formula is C50H36Ag2Cl2O14P2+2. The molecule has 0 fully saturated rings. The van der Waals surface area contributed by atoms with Gasteiger partial charge in [-0.25, -0.2) is 37.3 Å². The molecule has 6 aliphatic rings. The molecule has 0 atom stereocenters. The number of benzene rings is 8. The van der Waals surface area contributed by atoms with Crippen molar-refractivity contribution in [3.05, 3.63) is 181 Å². The van der Waals surface area contributed by atoms with Crippen LogP contribution >= 0.6 is 15.8 Å². The van der Waals surface area contributed by atoms with Gasteiger partial charge < -0.3 is 28.4 Å². The Morgan fingerprint density at radius 1 is 0.257 bits per heavy atom. The van der Waals surface area contributed by atoms with Crippen molar-refractivity contribution in [1.29, 1.82) is 0 Å². The quantitative estimate of drug-likeness (QED) is 0.154. The molecule has 0 bridgehead atoms. The topological polar surface area (TPSA) is 240 Å². The number of halogens is 2. The second-order valence-electron chi connectivity index (χ2n) is 15.2. The average molecular weight is 1210 g/mol. The van der Waals surface area contributed by atoms with E-state index in [-0.39, 0.29) is 44.8 Å². The van der Waals surface area contributed by atoms with E-state index in [2.05, 4.69) is 38.1 Å². The van der Waals surface area contributed by atoms with Crippen molar-refractivity contribution in [3.8, 4) is 69.0 Å². The summed E-state index contributed by atoms with van der Waals surface area (Å²) in [5, 5.41) is 7.23. The average Bonchev–Trinajstić information content (AvgIpc) is 3.29. The maximum Gasteiger partial charge on any atom is 1.00 e. The van der Waals surface area contributed by atoms with Crippen LogP contribution in [0, 0.1) is 34.3 Å². The van der Waals surface area contributed by atoms with Gasteiger partial charge in [-0.2, -0.15) is 0 Å². The first-order chi connectivity index (χ1) is 32.6. The molecule has 8 aromatic rings. The third-order valence-electron chi connectivity index (χ3n) is 10.6. The van der Waals surface area contributed by atoms with Gasteiger partial charge in [0.25, 0.3) is 0 Å². The minimum absolute atomic E-state index is 0. The first-order valence-electron chi connectivity index (χ1n) is 20.5. The largest absolute Gasteiger partial charge is 1.00 e. The SMILES string of the molecule is Cc1ccccc1.Cc1ccccc1.[Ag+].[Ag+].[O-][Cl+3]([O-])([O-])[O-].[O-][Cl+3]([O-])([O-])[O-].c1cc2c3c(c1)Oc1cccc4c1[PH+]3c1c(cccc1O4)O2.c1cc2c3c(c1)Oc1cccc4c1[PH+]3c1c(cccc1O4)O2. The van der Waals surface area contributed by atoms with Crippen LogP contribution in [0.1, 0.15) is 11.1 Å². The summed E-state index contributed by atoms with van der Waals surface area (Å²) in [5.41, 5.74) is 2.64. The van der Waals surface area contributed by atoms with Crippen LogP contribution in [0.25, 0.3) is 0 Å². The van der Waals surface area contributed by atoms with E-state index >= 15 is 0 Å². The van der Waals surface area contributed by atoms with E-state index < -0.39 is 36.3 Å². The molecule has 0 saturated heterocycles. The Balaban J connectivity index is 0.000000140. The molecule has 0 aromatic heterocycles. The molecule has 0 amide bonds. The van der Waals surface area contributed by atoms with Crippen molar-refractivity contribution in [2.24, 2.45) is 0 Å². The monoisotopic (exact) mass is 1210 g/mol. The summed E-state index contributed by atoms with van der Waals surface area (Å²) in [4.78, 5) is 0. The summed E-state index contributed by atoms with van der Waals surface area (Å²) in [7, 11) is -12.2. The second kappa shape index (κ2) is 22.3. The fourth-order valence-corrected chi connectivity index (χ4v) is 14.2. The van der Waals surface area contributed by atoms with E-state index in [0.29, 0.717) is 0 Å². The van der Waals surface area contributed by atoms with Crippen LogP contribution in [0.3, 0.4) is 0 Å². The Hall–Kier alpha value is -4.84. The van der Waals surface area contributed by atoms with Crippen molar-refractivity contribution in [1.82, 2.24) is 0 Å². The minimum Gasteiger partial charge on any atom is -0.449 e. The number of aryl methyl sites for hydroxylation is 2. The van der Waals surface area contributed by atoms with Crippen molar-refractivity contribution < 1.29 is 131 Å². The predicted molar refractivity (Wildman–Crippen MR) is 236 cm³/mol. The fraction of sp³-hybridized carbons (Fsp3) is 0.0400. The van der Waals surface area contributed by atoms with E-state index in [9.17, 15) is 0 Å². The Morgan fingerprint density at radius 3 is 0.514 bits per heavy atom. The molecule has 14 nitrogen and oxygen atoms in total.